The van der Waals surface area contributed by atoms with Gasteiger partial charge in [0.25, 0.3) is 0 Å². The smallest absolute Gasteiger partial charge is 0.223 e. The summed E-state index contributed by atoms with van der Waals surface area (Å²) in [5.41, 5.74) is 4.27. The normalized spacial score (nSPS) is 14.1. The number of nitrogens with one attached hydrogen (secondary N) is 2. The summed E-state index contributed by atoms with van der Waals surface area (Å²) in [6.07, 6.45) is 8.78. The van der Waals surface area contributed by atoms with Crippen molar-refractivity contribution in [2.75, 3.05) is 17.2 Å². The van der Waals surface area contributed by atoms with E-state index in [-0.39, 0.29) is 5.82 Å². The van der Waals surface area contributed by atoms with Crippen molar-refractivity contribution in [3.05, 3.63) is 60.5 Å². The zero-order valence-corrected chi connectivity index (χ0v) is 18.9. The van der Waals surface area contributed by atoms with Crippen molar-refractivity contribution in [2.24, 2.45) is 0 Å². The summed E-state index contributed by atoms with van der Waals surface area (Å²) in [6.45, 7) is 3.05. The Morgan fingerprint density at radius 3 is 2.67 bits per heavy atom. The van der Waals surface area contributed by atoms with Crippen LogP contribution in [0.5, 0.6) is 0 Å². The molecule has 0 aliphatic heterocycles. The Balaban J connectivity index is 1.62. The van der Waals surface area contributed by atoms with Crippen LogP contribution in [0.4, 0.5) is 16.2 Å². The maximum absolute atomic E-state index is 13.6. The highest BCUT2D eigenvalue weighted by molar-refractivity contribution is 5.91. The van der Waals surface area contributed by atoms with E-state index in [1.165, 1.54) is 25.0 Å². The molecule has 0 saturated heterocycles. The van der Waals surface area contributed by atoms with Gasteiger partial charge in [-0.15, -0.1) is 0 Å². The minimum atomic E-state index is -0.268. The second kappa shape index (κ2) is 9.57. The van der Waals surface area contributed by atoms with Gasteiger partial charge < -0.3 is 10.6 Å². The Morgan fingerprint density at radius 2 is 1.88 bits per heavy atom. The SMILES string of the molecule is CCCCNc1cccc2c(-c3ccnc(NC4CCCC4)n3)c(-c3ccc(F)cc3)nn12. The van der Waals surface area contributed by atoms with E-state index in [9.17, 15) is 4.39 Å². The van der Waals surface area contributed by atoms with Gasteiger partial charge in [-0.3, -0.25) is 0 Å². The second-order valence-corrected chi connectivity index (χ2v) is 8.61. The van der Waals surface area contributed by atoms with Gasteiger partial charge in [0.2, 0.25) is 5.95 Å². The fraction of sp³-hybridized carbons (Fsp3) is 0.346. The molecule has 3 aromatic heterocycles. The van der Waals surface area contributed by atoms with Gasteiger partial charge in [0.15, 0.2) is 0 Å². The highest BCUT2D eigenvalue weighted by Crippen LogP contribution is 2.36. The fourth-order valence-corrected chi connectivity index (χ4v) is 4.48. The second-order valence-electron chi connectivity index (χ2n) is 8.61. The molecular weight excluding hydrogens is 415 g/mol. The van der Waals surface area contributed by atoms with Crippen molar-refractivity contribution in [1.29, 1.82) is 0 Å². The lowest BCUT2D eigenvalue weighted by Crippen LogP contribution is -2.16. The maximum atomic E-state index is 13.6. The van der Waals surface area contributed by atoms with Gasteiger partial charge in [0.05, 0.1) is 16.8 Å². The topological polar surface area (TPSA) is 67.1 Å². The van der Waals surface area contributed by atoms with Crippen molar-refractivity contribution in [1.82, 2.24) is 19.6 Å². The van der Waals surface area contributed by atoms with Crippen LogP contribution in [0.2, 0.25) is 0 Å². The summed E-state index contributed by atoms with van der Waals surface area (Å²) in [5.74, 6) is 1.30. The predicted molar refractivity (Wildman–Crippen MR) is 131 cm³/mol. The Bertz CT molecular complexity index is 1230. The van der Waals surface area contributed by atoms with Crippen LogP contribution in [0.25, 0.3) is 28.0 Å². The summed E-state index contributed by atoms with van der Waals surface area (Å²) in [5, 5.41) is 11.9. The zero-order valence-electron chi connectivity index (χ0n) is 18.9. The number of anilines is 2. The van der Waals surface area contributed by atoms with Crippen LogP contribution in [-0.2, 0) is 0 Å². The molecule has 5 rings (SSSR count). The number of rotatable bonds is 8. The van der Waals surface area contributed by atoms with Crippen LogP contribution in [-0.4, -0.2) is 32.2 Å². The molecule has 33 heavy (non-hydrogen) atoms. The van der Waals surface area contributed by atoms with E-state index < -0.39 is 0 Å². The van der Waals surface area contributed by atoms with Gasteiger partial charge in [-0.2, -0.15) is 5.10 Å². The van der Waals surface area contributed by atoms with Crippen LogP contribution in [0.15, 0.2) is 54.7 Å². The van der Waals surface area contributed by atoms with Gasteiger partial charge in [0, 0.05) is 24.3 Å². The lowest BCUT2D eigenvalue weighted by Gasteiger charge is -2.12. The molecule has 3 heterocycles. The Morgan fingerprint density at radius 1 is 1.06 bits per heavy atom. The van der Waals surface area contributed by atoms with Gasteiger partial charge >= 0.3 is 0 Å². The lowest BCUT2D eigenvalue weighted by molar-refractivity contribution is 0.628. The lowest BCUT2D eigenvalue weighted by atomic mass is 10.0. The van der Waals surface area contributed by atoms with E-state index in [2.05, 4.69) is 22.5 Å². The van der Waals surface area contributed by atoms with E-state index in [4.69, 9.17) is 10.1 Å². The van der Waals surface area contributed by atoms with Crippen LogP contribution in [0, 0.1) is 5.82 Å². The molecule has 0 atom stereocenters. The number of pyridine rings is 1. The Hall–Kier alpha value is -3.48. The maximum Gasteiger partial charge on any atom is 0.223 e. The molecule has 0 unspecified atom stereocenters. The van der Waals surface area contributed by atoms with E-state index >= 15 is 0 Å². The average Bonchev–Trinajstić information content (AvgIpc) is 3.48. The number of nitrogens with zero attached hydrogens (tertiary/aromatic N) is 4. The number of fused-ring (bicyclic) bond motifs is 1. The third kappa shape index (κ3) is 4.53. The molecule has 1 aromatic carbocycles. The summed E-state index contributed by atoms with van der Waals surface area (Å²) >= 11 is 0. The largest absolute Gasteiger partial charge is 0.370 e. The number of unbranched alkanes of at least 4 members (excludes halogenated alkanes) is 1. The summed E-state index contributed by atoms with van der Waals surface area (Å²) < 4.78 is 15.6. The highest BCUT2D eigenvalue weighted by atomic mass is 19.1. The molecule has 1 aliphatic carbocycles. The zero-order chi connectivity index (χ0) is 22.6. The first-order chi connectivity index (χ1) is 16.2. The molecule has 6 nitrogen and oxygen atoms in total. The molecule has 1 aliphatic rings. The first kappa shape index (κ1) is 21.4. The van der Waals surface area contributed by atoms with Crippen LogP contribution >= 0.6 is 0 Å². The molecule has 7 heteroatoms. The number of hydrogen-bond donors (Lipinski definition) is 2. The van der Waals surface area contributed by atoms with Crippen molar-refractivity contribution in [3.8, 4) is 22.5 Å². The van der Waals surface area contributed by atoms with E-state index in [1.54, 1.807) is 18.3 Å². The first-order valence-electron chi connectivity index (χ1n) is 11.8. The quantitative estimate of drug-likeness (QED) is 0.318. The van der Waals surface area contributed by atoms with E-state index in [0.29, 0.717) is 12.0 Å². The standard InChI is InChI=1S/C26H29FN6/c1-2-3-16-28-23-10-6-9-22-24(25(32-33(22)23)18-11-13-19(27)14-12-18)21-15-17-29-26(31-21)30-20-7-4-5-8-20/h6,9-15,17,20,28H,2-5,7-8,16H2,1H3,(H,29,30,31). The van der Waals surface area contributed by atoms with E-state index in [0.717, 1.165) is 66.1 Å². The molecule has 170 valence electrons. The fourth-order valence-electron chi connectivity index (χ4n) is 4.48. The van der Waals surface area contributed by atoms with Crippen LogP contribution in [0.3, 0.4) is 0 Å². The highest BCUT2D eigenvalue weighted by Gasteiger charge is 2.21. The Kier molecular flexibility index (Phi) is 6.19. The van der Waals surface area contributed by atoms with Crippen LogP contribution < -0.4 is 10.6 Å². The summed E-state index contributed by atoms with van der Waals surface area (Å²) in [7, 11) is 0. The first-order valence-corrected chi connectivity index (χ1v) is 11.8. The van der Waals surface area contributed by atoms with Crippen molar-refractivity contribution >= 4 is 17.3 Å². The molecule has 1 fully saturated rings. The third-order valence-electron chi connectivity index (χ3n) is 6.21. The van der Waals surface area contributed by atoms with E-state index in [1.807, 2.05) is 28.8 Å². The van der Waals surface area contributed by atoms with Gasteiger partial charge in [0.1, 0.15) is 17.3 Å². The minimum absolute atomic E-state index is 0.268. The van der Waals surface area contributed by atoms with Crippen molar-refractivity contribution in [2.45, 2.75) is 51.5 Å². The number of halogens is 1. The Labute approximate surface area is 193 Å². The monoisotopic (exact) mass is 444 g/mol. The molecule has 0 spiro atoms. The number of hydrogen-bond acceptors (Lipinski definition) is 5. The molecular formula is C26H29FN6. The molecule has 0 bridgehead atoms. The molecule has 4 aromatic rings. The summed E-state index contributed by atoms with van der Waals surface area (Å²) in [4.78, 5) is 9.33. The van der Waals surface area contributed by atoms with Crippen LogP contribution in [0.1, 0.15) is 45.4 Å². The molecule has 0 amide bonds. The predicted octanol–water partition coefficient (Wildman–Crippen LogP) is 6.16. The minimum Gasteiger partial charge on any atom is -0.370 e. The number of benzene rings is 1. The molecule has 2 N–H and O–H groups in total. The van der Waals surface area contributed by atoms with Crippen molar-refractivity contribution < 1.29 is 4.39 Å². The number of aromatic nitrogens is 4. The average molecular weight is 445 g/mol. The molecule has 1 saturated carbocycles. The molecule has 0 radical (unpaired) electrons. The third-order valence-corrected chi connectivity index (χ3v) is 6.21. The van der Waals surface area contributed by atoms with Crippen molar-refractivity contribution in [3.63, 3.8) is 0 Å². The van der Waals surface area contributed by atoms with Gasteiger partial charge in [-0.25, -0.2) is 18.9 Å². The summed E-state index contributed by atoms with van der Waals surface area (Å²) in [6, 6.07) is 14.9. The van der Waals surface area contributed by atoms with Gasteiger partial charge in [-0.05, 0) is 61.7 Å². The van der Waals surface area contributed by atoms with Gasteiger partial charge in [-0.1, -0.05) is 32.3 Å².